The van der Waals surface area contributed by atoms with Crippen molar-refractivity contribution in [1.82, 2.24) is 25.0 Å². The Hall–Kier alpha value is -4.38. The van der Waals surface area contributed by atoms with Crippen LogP contribution in [0.4, 0.5) is 0 Å². The number of aromatic nitrogens is 5. The molecule has 5 heteroatoms. The Bertz CT molecular complexity index is 1500. The summed E-state index contributed by atoms with van der Waals surface area (Å²) in [5, 5.41) is 11.8. The van der Waals surface area contributed by atoms with E-state index in [4.69, 9.17) is 10.2 Å². The van der Waals surface area contributed by atoms with Crippen LogP contribution in [-0.4, -0.2) is 25.0 Å². The first-order chi connectivity index (χ1) is 15.4. The summed E-state index contributed by atoms with van der Waals surface area (Å²) in [6, 6.07) is 26.6. The van der Waals surface area contributed by atoms with Gasteiger partial charge in [-0.15, -0.1) is 10.2 Å². The van der Waals surface area contributed by atoms with Crippen molar-refractivity contribution in [3.05, 3.63) is 104 Å². The molecule has 6 rings (SSSR count). The maximum Gasteiger partial charge on any atom is 0.121 e. The standard InChI is InChI=1S/C26H17N5/c1-2-8-23-22(7-1)24(20-6-4-14-28-17-20)15-25-26(23)30-31(29-25)21-11-9-18(10-12-21)19-5-3-13-27-16-19/h1-17H. The first-order valence-electron chi connectivity index (χ1n) is 10.1. The van der Waals surface area contributed by atoms with Crippen molar-refractivity contribution >= 4 is 21.8 Å². The average molecular weight is 399 g/mol. The quantitative estimate of drug-likeness (QED) is 0.383. The highest BCUT2D eigenvalue weighted by molar-refractivity contribution is 6.11. The first-order valence-corrected chi connectivity index (χ1v) is 10.1. The fraction of sp³-hybridized carbons (Fsp3) is 0. The fourth-order valence-corrected chi connectivity index (χ4v) is 3.94. The molecule has 146 valence electrons. The Morgan fingerprint density at radius 2 is 1.29 bits per heavy atom. The van der Waals surface area contributed by atoms with Gasteiger partial charge < -0.3 is 0 Å². The van der Waals surface area contributed by atoms with Crippen molar-refractivity contribution in [2.75, 3.05) is 0 Å². The van der Waals surface area contributed by atoms with Gasteiger partial charge in [0, 0.05) is 35.7 Å². The largest absolute Gasteiger partial charge is 0.264 e. The molecule has 3 heterocycles. The predicted octanol–water partition coefficient (Wildman–Crippen LogP) is 5.70. The molecular weight excluding hydrogens is 382 g/mol. The SMILES string of the molecule is c1cncc(-c2ccc(-n3nc4cc(-c5cccnc5)c5ccccc5c4n3)cc2)c1. The Labute approximate surface area is 178 Å². The van der Waals surface area contributed by atoms with E-state index in [1.165, 1.54) is 0 Å². The maximum absolute atomic E-state index is 4.83. The Morgan fingerprint density at radius 1 is 0.581 bits per heavy atom. The van der Waals surface area contributed by atoms with Crippen molar-refractivity contribution in [2.24, 2.45) is 0 Å². The predicted molar refractivity (Wildman–Crippen MR) is 123 cm³/mol. The van der Waals surface area contributed by atoms with Gasteiger partial charge in [-0.2, -0.15) is 4.80 Å². The molecule has 0 fully saturated rings. The van der Waals surface area contributed by atoms with Gasteiger partial charge in [-0.05, 0) is 52.4 Å². The zero-order valence-corrected chi connectivity index (χ0v) is 16.6. The van der Waals surface area contributed by atoms with E-state index in [-0.39, 0.29) is 0 Å². The van der Waals surface area contributed by atoms with Gasteiger partial charge in [-0.25, -0.2) is 0 Å². The molecule has 0 radical (unpaired) electrons. The van der Waals surface area contributed by atoms with Gasteiger partial charge in [-0.3, -0.25) is 9.97 Å². The van der Waals surface area contributed by atoms with Crippen LogP contribution in [0.2, 0.25) is 0 Å². The van der Waals surface area contributed by atoms with Crippen LogP contribution in [0.1, 0.15) is 0 Å². The Balaban J connectivity index is 1.50. The third-order valence-corrected chi connectivity index (χ3v) is 5.46. The lowest BCUT2D eigenvalue weighted by molar-refractivity contribution is 0.766. The Morgan fingerprint density at radius 3 is 2.00 bits per heavy atom. The molecule has 0 aliphatic carbocycles. The topological polar surface area (TPSA) is 56.5 Å². The second kappa shape index (κ2) is 7.15. The minimum absolute atomic E-state index is 0.855. The molecule has 5 nitrogen and oxygen atoms in total. The molecule has 0 saturated heterocycles. The highest BCUT2D eigenvalue weighted by Gasteiger charge is 2.13. The normalized spacial score (nSPS) is 11.2. The van der Waals surface area contributed by atoms with Crippen LogP contribution in [0.3, 0.4) is 0 Å². The third kappa shape index (κ3) is 3.04. The van der Waals surface area contributed by atoms with Gasteiger partial charge in [-0.1, -0.05) is 48.5 Å². The van der Waals surface area contributed by atoms with Crippen molar-refractivity contribution in [3.63, 3.8) is 0 Å². The summed E-state index contributed by atoms with van der Waals surface area (Å²) < 4.78 is 0. The van der Waals surface area contributed by atoms with E-state index in [0.29, 0.717) is 0 Å². The van der Waals surface area contributed by atoms with Crippen LogP contribution in [0.25, 0.3) is 49.7 Å². The molecule has 0 amide bonds. The minimum Gasteiger partial charge on any atom is -0.264 e. The van der Waals surface area contributed by atoms with E-state index in [1.807, 2.05) is 42.7 Å². The number of pyridine rings is 2. The van der Waals surface area contributed by atoms with Crippen molar-refractivity contribution in [1.29, 1.82) is 0 Å². The zero-order chi connectivity index (χ0) is 20.6. The van der Waals surface area contributed by atoms with Crippen molar-refractivity contribution < 1.29 is 0 Å². The summed E-state index contributed by atoms with van der Waals surface area (Å²) in [5.41, 5.74) is 7.02. The summed E-state index contributed by atoms with van der Waals surface area (Å²) in [7, 11) is 0. The molecule has 3 aromatic heterocycles. The highest BCUT2D eigenvalue weighted by Crippen LogP contribution is 2.33. The van der Waals surface area contributed by atoms with E-state index < -0.39 is 0 Å². The van der Waals surface area contributed by atoms with Crippen molar-refractivity contribution in [3.8, 4) is 27.9 Å². The summed E-state index contributed by atoms with van der Waals surface area (Å²) in [4.78, 5) is 10.2. The molecule has 31 heavy (non-hydrogen) atoms. The third-order valence-electron chi connectivity index (χ3n) is 5.46. The van der Waals surface area contributed by atoms with E-state index in [1.54, 1.807) is 17.2 Å². The number of benzene rings is 3. The van der Waals surface area contributed by atoms with E-state index in [0.717, 1.165) is 49.7 Å². The van der Waals surface area contributed by atoms with Crippen molar-refractivity contribution in [2.45, 2.75) is 0 Å². The second-order valence-corrected chi connectivity index (χ2v) is 7.36. The molecule has 0 bridgehead atoms. The molecule has 6 aromatic rings. The summed E-state index contributed by atoms with van der Waals surface area (Å²) in [6.45, 7) is 0. The van der Waals surface area contributed by atoms with Crippen LogP contribution in [-0.2, 0) is 0 Å². The molecular formula is C26H17N5. The summed E-state index contributed by atoms with van der Waals surface area (Å²) in [6.07, 6.45) is 7.31. The number of hydrogen-bond acceptors (Lipinski definition) is 4. The van der Waals surface area contributed by atoms with Crippen LogP contribution < -0.4 is 0 Å². The zero-order valence-electron chi connectivity index (χ0n) is 16.6. The number of hydrogen-bond donors (Lipinski definition) is 0. The van der Waals surface area contributed by atoms with Crippen LogP contribution in [0.15, 0.2) is 104 Å². The van der Waals surface area contributed by atoms with Gasteiger partial charge >= 0.3 is 0 Å². The monoisotopic (exact) mass is 399 g/mol. The highest BCUT2D eigenvalue weighted by atomic mass is 15.5. The lowest BCUT2D eigenvalue weighted by Gasteiger charge is -2.06. The number of nitrogens with zero attached hydrogens (tertiary/aromatic N) is 5. The second-order valence-electron chi connectivity index (χ2n) is 7.36. The summed E-state index contributed by atoms with van der Waals surface area (Å²) >= 11 is 0. The van der Waals surface area contributed by atoms with E-state index in [2.05, 4.69) is 58.5 Å². The lowest BCUT2D eigenvalue weighted by atomic mass is 9.98. The summed E-state index contributed by atoms with van der Waals surface area (Å²) in [5.74, 6) is 0. The molecule has 0 atom stereocenters. The number of rotatable bonds is 3. The van der Waals surface area contributed by atoms with E-state index in [9.17, 15) is 0 Å². The first kappa shape index (κ1) is 17.5. The molecule has 0 unspecified atom stereocenters. The van der Waals surface area contributed by atoms with Crippen LogP contribution in [0, 0.1) is 0 Å². The molecule has 0 spiro atoms. The molecule has 0 aliphatic heterocycles. The maximum atomic E-state index is 4.83. The van der Waals surface area contributed by atoms with Gasteiger partial charge in [0.15, 0.2) is 0 Å². The Kier molecular flexibility index (Phi) is 4.03. The van der Waals surface area contributed by atoms with E-state index >= 15 is 0 Å². The van der Waals surface area contributed by atoms with Gasteiger partial charge in [0.2, 0.25) is 0 Å². The molecule has 0 saturated carbocycles. The lowest BCUT2D eigenvalue weighted by Crippen LogP contribution is -1.98. The minimum atomic E-state index is 0.855. The van der Waals surface area contributed by atoms with Gasteiger partial charge in [0.1, 0.15) is 11.0 Å². The van der Waals surface area contributed by atoms with Gasteiger partial charge in [0.25, 0.3) is 0 Å². The molecule has 3 aromatic carbocycles. The van der Waals surface area contributed by atoms with Gasteiger partial charge in [0.05, 0.1) is 5.69 Å². The number of fused-ring (bicyclic) bond motifs is 3. The smallest absolute Gasteiger partial charge is 0.121 e. The molecule has 0 aliphatic rings. The average Bonchev–Trinajstić information content (AvgIpc) is 3.29. The molecule has 0 N–H and O–H groups in total. The van der Waals surface area contributed by atoms with Crippen LogP contribution >= 0.6 is 0 Å². The van der Waals surface area contributed by atoms with Crippen LogP contribution in [0.5, 0.6) is 0 Å². The fourth-order valence-electron chi connectivity index (χ4n) is 3.94.